The normalized spacial score (nSPS) is 18.4. The van der Waals surface area contributed by atoms with Crippen molar-refractivity contribution in [2.45, 2.75) is 12.5 Å². The predicted octanol–water partition coefficient (Wildman–Crippen LogP) is 6.31. The highest BCUT2D eigenvalue weighted by Gasteiger charge is 2.40. The van der Waals surface area contributed by atoms with Crippen molar-refractivity contribution in [1.29, 1.82) is 0 Å². The number of nitrogens with zero attached hydrogens (tertiary/aromatic N) is 1. The molecule has 156 valence electrons. The Bertz CT molecular complexity index is 939. The third-order valence-corrected chi connectivity index (χ3v) is 6.10. The Balaban J connectivity index is 1.92. The first-order valence-corrected chi connectivity index (χ1v) is 10.9. The van der Waals surface area contributed by atoms with Crippen LogP contribution in [0.5, 0.6) is 0 Å². The smallest absolute Gasteiger partial charge is 0.130 e. The second-order valence-electron chi connectivity index (χ2n) is 7.95. The first-order valence-electron chi connectivity index (χ1n) is 10.9. The van der Waals surface area contributed by atoms with E-state index in [0.29, 0.717) is 11.8 Å². The second kappa shape index (κ2) is 9.63. The minimum absolute atomic E-state index is 0.362. The lowest BCUT2D eigenvalue weighted by atomic mass is 9.76. The van der Waals surface area contributed by atoms with Gasteiger partial charge >= 0.3 is 0 Å². The van der Waals surface area contributed by atoms with E-state index in [1.165, 1.54) is 16.7 Å². The molecule has 0 saturated carbocycles. The summed E-state index contributed by atoms with van der Waals surface area (Å²) in [7, 11) is 1.99. The molecule has 31 heavy (non-hydrogen) atoms. The molecule has 0 saturated heterocycles. The molecule has 0 spiro atoms. The molecule has 0 aromatic heterocycles. The van der Waals surface area contributed by atoms with Crippen molar-refractivity contribution in [3.05, 3.63) is 144 Å². The zero-order valence-electron chi connectivity index (χ0n) is 18.2. The number of hydrogen-bond acceptors (Lipinski definition) is 2. The molecule has 0 fully saturated rings. The fourth-order valence-corrected chi connectivity index (χ4v) is 4.47. The van der Waals surface area contributed by atoms with Gasteiger partial charge in [0.25, 0.3) is 0 Å². The summed E-state index contributed by atoms with van der Waals surface area (Å²) in [6, 6.07) is 32.2. The topological polar surface area (TPSA) is 15.3 Å². The summed E-state index contributed by atoms with van der Waals surface area (Å²) in [5, 5.41) is 2.24. The van der Waals surface area contributed by atoms with E-state index in [-0.39, 0.29) is 0 Å². The average molecular weight is 407 g/mol. The van der Waals surface area contributed by atoms with E-state index in [0.717, 1.165) is 0 Å². The van der Waals surface area contributed by atoms with Crippen molar-refractivity contribution in [2.75, 3.05) is 7.05 Å². The maximum atomic E-state index is 3.50. The monoisotopic (exact) mass is 406 g/mol. The summed E-state index contributed by atoms with van der Waals surface area (Å²) in [5.74, 6) is 0.834. The van der Waals surface area contributed by atoms with Gasteiger partial charge in [-0.1, -0.05) is 128 Å². The van der Waals surface area contributed by atoms with E-state index in [1.807, 2.05) is 7.05 Å². The molecule has 4 rings (SSSR count). The van der Waals surface area contributed by atoms with Gasteiger partial charge in [0.05, 0.1) is 0 Å². The van der Waals surface area contributed by atoms with Gasteiger partial charge in [-0.05, 0) is 22.6 Å². The van der Waals surface area contributed by atoms with Crippen molar-refractivity contribution in [3.8, 4) is 0 Å². The highest BCUT2D eigenvalue weighted by atomic mass is 15.5. The van der Waals surface area contributed by atoms with Gasteiger partial charge in [0.2, 0.25) is 0 Å². The second-order valence-corrected chi connectivity index (χ2v) is 7.95. The van der Waals surface area contributed by atoms with Crippen LogP contribution in [0.2, 0.25) is 0 Å². The Kier molecular flexibility index (Phi) is 6.49. The largest absolute Gasteiger partial charge is 0.297 e. The van der Waals surface area contributed by atoms with E-state index >= 15 is 0 Å². The first kappa shape index (κ1) is 20.9. The Morgan fingerprint density at radius 1 is 0.710 bits per heavy atom. The molecule has 0 amide bonds. The van der Waals surface area contributed by atoms with Crippen LogP contribution >= 0.6 is 0 Å². The third-order valence-electron chi connectivity index (χ3n) is 6.10. The lowest BCUT2D eigenvalue weighted by Gasteiger charge is -2.44. The van der Waals surface area contributed by atoms with Crippen LogP contribution in [0.15, 0.2) is 128 Å². The highest BCUT2D eigenvalue weighted by Crippen LogP contribution is 2.41. The van der Waals surface area contributed by atoms with Gasteiger partial charge in [-0.15, -0.1) is 0 Å². The molecule has 1 N–H and O–H groups in total. The summed E-state index contributed by atoms with van der Waals surface area (Å²) in [6.45, 7) is 2.26. The van der Waals surface area contributed by atoms with Gasteiger partial charge < -0.3 is 0 Å². The maximum Gasteiger partial charge on any atom is 0.130 e. The zero-order valence-corrected chi connectivity index (χ0v) is 18.2. The van der Waals surface area contributed by atoms with Crippen molar-refractivity contribution in [2.24, 2.45) is 11.8 Å². The molecule has 2 heteroatoms. The molecule has 3 aromatic carbocycles. The molecule has 2 nitrogen and oxygen atoms in total. The van der Waals surface area contributed by atoms with Gasteiger partial charge in [0, 0.05) is 19.2 Å². The summed E-state index contributed by atoms with van der Waals surface area (Å²) in [6.07, 6.45) is 13.3. The molecule has 1 aliphatic rings. The van der Waals surface area contributed by atoms with E-state index < -0.39 is 5.54 Å². The van der Waals surface area contributed by atoms with Crippen molar-refractivity contribution < 1.29 is 0 Å². The maximum absolute atomic E-state index is 3.50. The number of hydrogen-bond donors (Lipinski definition) is 1. The van der Waals surface area contributed by atoms with Crippen LogP contribution in [0.4, 0.5) is 0 Å². The van der Waals surface area contributed by atoms with Crippen LogP contribution in [-0.4, -0.2) is 12.1 Å². The minimum Gasteiger partial charge on any atom is -0.297 e. The number of rotatable bonds is 7. The molecular formula is C29H30N2. The molecule has 0 bridgehead atoms. The molecule has 0 heterocycles. The predicted molar refractivity (Wildman–Crippen MR) is 130 cm³/mol. The Morgan fingerprint density at radius 2 is 1.16 bits per heavy atom. The average Bonchev–Trinajstić information content (AvgIpc) is 2.84. The van der Waals surface area contributed by atoms with E-state index in [2.05, 4.69) is 145 Å². The zero-order chi connectivity index (χ0) is 21.5. The molecule has 0 radical (unpaired) electrons. The molecule has 3 aromatic rings. The standard InChI is InChI=1S/C29H30N2/c1-24-14-12-13-15-25(24)22-23-31(30-2)29(26-16-6-3-7-17-26,27-18-8-4-9-19-27)28-20-10-5-11-21-28/h3-25,30H,1-2H3/b23-22+. The summed E-state index contributed by atoms with van der Waals surface area (Å²) in [4.78, 5) is 0. The van der Waals surface area contributed by atoms with Gasteiger partial charge in [-0.2, -0.15) is 0 Å². The number of nitrogens with one attached hydrogen (secondary N) is 1. The SMILES string of the molecule is CNN(/C=C/C1C=CC=CC1C)C(c1ccccc1)(c1ccccc1)c1ccccc1. The van der Waals surface area contributed by atoms with E-state index in [4.69, 9.17) is 0 Å². The first-order chi connectivity index (χ1) is 15.3. The molecule has 2 atom stereocenters. The third kappa shape index (κ3) is 4.12. The summed E-state index contributed by atoms with van der Waals surface area (Å²) >= 11 is 0. The van der Waals surface area contributed by atoms with Gasteiger partial charge in [0.1, 0.15) is 5.54 Å². The van der Waals surface area contributed by atoms with Crippen LogP contribution in [0.3, 0.4) is 0 Å². The quantitative estimate of drug-likeness (QED) is 0.365. The van der Waals surface area contributed by atoms with E-state index in [9.17, 15) is 0 Å². The van der Waals surface area contributed by atoms with Crippen LogP contribution < -0.4 is 5.43 Å². The lowest BCUT2D eigenvalue weighted by Crippen LogP contribution is -2.50. The van der Waals surface area contributed by atoms with Gasteiger partial charge in [-0.25, -0.2) is 5.43 Å². The van der Waals surface area contributed by atoms with Crippen LogP contribution in [0, 0.1) is 11.8 Å². The number of allylic oxidation sites excluding steroid dienone is 5. The number of hydrazine groups is 1. The van der Waals surface area contributed by atoms with Crippen LogP contribution in [0.1, 0.15) is 23.6 Å². The van der Waals surface area contributed by atoms with Crippen LogP contribution in [0.25, 0.3) is 0 Å². The highest BCUT2D eigenvalue weighted by molar-refractivity contribution is 5.50. The van der Waals surface area contributed by atoms with Crippen LogP contribution in [-0.2, 0) is 5.54 Å². The van der Waals surface area contributed by atoms with Gasteiger partial charge in [-0.3, -0.25) is 5.01 Å². The van der Waals surface area contributed by atoms with Crippen molar-refractivity contribution in [3.63, 3.8) is 0 Å². The molecular weight excluding hydrogens is 376 g/mol. The molecule has 1 aliphatic carbocycles. The van der Waals surface area contributed by atoms with E-state index in [1.54, 1.807) is 0 Å². The van der Waals surface area contributed by atoms with Crippen molar-refractivity contribution in [1.82, 2.24) is 10.4 Å². The summed E-state index contributed by atoms with van der Waals surface area (Å²) in [5.41, 5.74) is 6.60. The Hall–Kier alpha value is -3.36. The molecule has 0 aliphatic heterocycles. The van der Waals surface area contributed by atoms with Gasteiger partial charge in [0.15, 0.2) is 0 Å². The fourth-order valence-electron chi connectivity index (χ4n) is 4.47. The number of benzene rings is 3. The molecule has 2 unspecified atom stereocenters. The Labute approximate surface area is 186 Å². The minimum atomic E-state index is -0.521. The lowest BCUT2D eigenvalue weighted by molar-refractivity contribution is 0.171. The van der Waals surface area contributed by atoms with Crippen molar-refractivity contribution >= 4 is 0 Å². The Morgan fingerprint density at radius 3 is 1.58 bits per heavy atom. The summed E-state index contributed by atoms with van der Waals surface area (Å²) < 4.78 is 0. The fraction of sp³-hybridized carbons (Fsp3) is 0.172.